The highest BCUT2D eigenvalue weighted by molar-refractivity contribution is 8.00. The second-order valence-corrected chi connectivity index (χ2v) is 6.51. The first-order chi connectivity index (χ1) is 10.5. The average molecular weight is 350 g/mol. The molecule has 0 saturated heterocycles. The van der Waals surface area contributed by atoms with E-state index in [0.717, 1.165) is 0 Å². The van der Waals surface area contributed by atoms with Gasteiger partial charge in [0.2, 0.25) is 0 Å². The molecule has 0 saturated carbocycles. The second-order valence-electron chi connectivity index (χ2n) is 5.40. The maximum atomic E-state index is 12.5. The van der Waals surface area contributed by atoms with Crippen molar-refractivity contribution in [3.63, 3.8) is 0 Å². The van der Waals surface area contributed by atoms with Gasteiger partial charge in [-0.15, -0.1) is 0 Å². The highest BCUT2D eigenvalue weighted by Crippen LogP contribution is 2.40. The van der Waals surface area contributed by atoms with Crippen molar-refractivity contribution in [1.82, 2.24) is 5.32 Å². The molecular weight excluding hydrogens is 333 g/mol. The minimum atomic E-state index is -4.46. The lowest BCUT2D eigenvalue weighted by Gasteiger charge is -2.26. The summed E-state index contributed by atoms with van der Waals surface area (Å²) >= 11 is -0.319. The molecule has 9 heteroatoms. The van der Waals surface area contributed by atoms with Crippen LogP contribution in [-0.2, 0) is 4.79 Å². The number of amides is 2. The van der Waals surface area contributed by atoms with Gasteiger partial charge >= 0.3 is 17.5 Å². The van der Waals surface area contributed by atoms with Crippen LogP contribution in [0.15, 0.2) is 29.2 Å². The molecule has 0 spiro atoms. The van der Waals surface area contributed by atoms with Crippen LogP contribution in [0.2, 0.25) is 0 Å². The number of anilines is 1. The number of carboxylic acids is 1. The first kappa shape index (κ1) is 19.1. The van der Waals surface area contributed by atoms with E-state index in [2.05, 4.69) is 10.6 Å². The predicted octanol–water partition coefficient (Wildman–Crippen LogP) is 4.06. The van der Waals surface area contributed by atoms with Crippen LogP contribution in [0.1, 0.15) is 26.7 Å². The minimum absolute atomic E-state index is 0.0290. The molecule has 0 fully saturated rings. The number of alkyl halides is 3. The SMILES string of the molecule is CC(C)(CCC(=O)O)NC(=O)Nc1ccccc1SC(F)(F)F. The summed E-state index contributed by atoms with van der Waals surface area (Å²) in [5.74, 6) is -0.993. The Labute approximate surface area is 135 Å². The fourth-order valence-electron chi connectivity index (χ4n) is 1.73. The van der Waals surface area contributed by atoms with Gasteiger partial charge in [-0.3, -0.25) is 4.79 Å². The zero-order valence-electron chi connectivity index (χ0n) is 12.5. The van der Waals surface area contributed by atoms with Gasteiger partial charge in [-0.25, -0.2) is 4.79 Å². The van der Waals surface area contributed by atoms with E-state index in [1.165, 1.54) is 24.3 Å². The van der Waals surface area contributed by atoms with E-state index in [4.69, 9.17) is 5.11 Å². The molecule has 1 aromatic carbocycles. The number of carboxylic acid groups (broad SMARTS) is 1. The van der Waals surface area contributed by atoms with E-state index in [9.17, 15) is 22.8 Å². The highest BCUT2D eigenvalue weighted by atomic mass is 32.2. The highest BCUT2D eigenvalue weighted by Gasteiger charge is 2.30. The van der Waals surface area contributed by atoms with Crippen molar-refractivity contribution in [1.29, 1.82) is 0 Å². The number of rotatable bonds is 6. The molecule has 0 bridgehead atoms. The quantitative estimate of drug-likeness (QED) is 0.676. The van der Waals surface area contributed by atoms with Crippen LogP contribution < -0.4 is 10.6 Å². The Bertz CT molecular complexity index is 577. The smallest absolute Gasteiger partial charge is 0.446 e. The predicted molar refractivity (Wildman–Crippen MR) is 81.5 cm³/mol. The third-order valence-corrected chi connectivity index (χ3v) is 3.58. The first-order valence-electron chi connectivity index (χ1n) is 6.64. The van der Waals surface area contributed by atoms with Crippen LogP contribution in [0.3, 0.4) is 0 Å². The molecule has 0 aliphatic carbocycles. The molecule has 23 heavy (non-hydrogen) atoms. The number of urea groups is 1. The lowest BCUT2D eigenvalue weighted by molar-refractivity contribution is -0.137. The van der Waals surface area contributed by atoms with Gasteiger partial charge < -0.3 is 15.7 Å². The Balaban J connectivity index is 2.72. The van der Waals surface area contributed by atoms with Crippen LogP contribution in [0.4, 0.5) is 23.7 Å². The molecule has 5 nitrogen and oxygen atoms in total. The number of para-hydroxylation sites is 1. The van der Waals surface area contributed by atoms with Crippen molar-refractivity contribution < 1.29 is 27.9 Å². The number of nitrogens with one attached hydrogen (secondary N) is 2. The minimum Gasteiger partial charge on any atom is -0.481 e. The van der Waals surface area contributed by atoms with Crippen molar-refractivity contribution in [2.24, 2.45) is 0 Å². The van der Waals surface area contributed by atoms with Gasteiger partial charge in [0.1, 0.15) is 0 Å². The number of thioether (sulfide) groups is 1. The zero-order valence-corrected chi connectivity index (χ0v) is 13.3. The third kappa shape index (κ3) is 7.78. The largest absolute Gasteiger partial charge is 0.481 e. The molecule has 2 amide bonds. The fourth-order valence-corrected chi connectivity index (χ4v) is 2.35. The molecule has 1 aromatic rings. The van der Waals surface area contributed by atoms with Gasteiger partial charge in [0.05, 0.1) is 5.69 Å². The van der Waals surface area contributed by atoms with Crippen molar-refractivity contribution in [3.8, 4) is 0 Å². The molecule has 3 N–H and O–H groups in total. The normalized spacial score (nSPS) is 11.9. The Morgan fingerprint density at radius 2 is 1.83 bits per heavy atom. The summed E-state index contributed by atoms with van der Waals surface area (Å²) in [6.07, 6.45) is 0.0580. The molecule has 128 valence electrons. The number of hydrogen-bond donors (Lipinski definition) is 3. The van der Waals surface area contributed by atoms with Crippen LogP contribution >= 0.6 is 11.8 Å². The van der Waals surface area contributed by atoms with Crippen molar-refractivity contribution in [2.75, 3.05) is 5.32 Å². The number of carbonyl (C=O) groups is 2. The van der Waals surface area contributed by atoms with Crippen molar-refractivity contribution >= 4 is 29.4 Å². The molecule has 1 rings (SSSR count). The van der Waals surface area contributed by atoms with E-state index in [-0.39, 0.29) is 35.2 Å². The van der Waals surface area contributed by atoms with E-state index >= 15 is 0 Å². The standard InChI is InChI=1S/C14H17F3N2O3S/c1-13(2,8-7-11(20)21)19-12(22)18-9-5-3-4-6-10(9)23-14(15,16)17/h3-6H,7-8H2,1-2H3,(H,20,21)(H2,18,19,22). The topological polar surface area (TPSA) is 78.4 Å². The van der Waals surface area contributed by atoms with E-state index in [1.807, 2.05) is 0 Å². The van der Waals surface area contributed by atoms with Crippen LogP contribution in [-0.4, -0.2) is 28.2 Å². The van der Waals surface area contributed by atoms with E-state index in [1.54, 1.807) is 13.8 Å². The molecule has 0 atom stereocenters. The summed E-state index contributed by atoms with van der Waals surface area (Å²) in [6.45, 7) is 3.26. The van der Waals surface area contributed by atoms with Gasteiger partial charge in [0, 0.05) is 16.9 Å². The Hall–Kier alpha value is -1.90. The Morgan fingerprint density at radius 3 is 2.39 bits per heavy atom. The molecule has 0 heterocycles. The van der Waals surface area contributed by atoms with Crippen molar-refractivity contribution in [3.05, 3.63) is 24.3 Å². The number of halogens is 3. The van der Waals surface area contributed by atoms with Crippen molar-refractivity contribution in [2.45, 2.75) is 42.6 Å². The summed E-state index contributed by atoms with van der Waals surface area (Å²) < 4.78 is 37.5. The third-order valence-electron chi connectivity index (χ3n) is 2.78. The van der Waals surface area contributed by atoms with Crippen LogP contribution in [0, 0.1) is 0 Å². The lowest BCUT2D eigenvalue weighted by atomic mass is 9.99. The van der Waals surface area contributed by atoms with E-state index in [0.29, 0.717) is 0 Å². The molecular formula is C14H17F3N2O3S. The molecule has 0 aliphatic heterocycles. The van der Waals surface area contributed by atoms with Crippen LogP contribution in [0.5, 0.6) is 0 Å². The molecule has 0 unspecified atom stereocenters. The van der Waals surface area contributed by atoms with Gasteiger partial charge in [-0.05, 0) is 44.2 Å². The molecule has 0 aliphatic rings. The van der Waals surface area contributed by atoms with Gasteiger partial charge in [-0.2, -0.15) is 13.2 Å². The molecule has 0 radical (unpaired) electrons. The van der Waals surface area contributed by atoms with Gasteiger partial charge in [-0.1, -0.05) is 12.1 Å². The first-order valence-corrected chi connectivity index (χ1v) is 7.46. The van der Waals surface area contributed by atoms with E-state index < -0.39 is 23.0 Å². The van der Waals surface area contributed by atoms with Crippen LogP contribution in [0.25, 0.3) is 0 Å². The number of benzene rings is 1. The number of aliphatic carboxylic acids is 1. The maximum Gasteiger partial charge on any atom is 0.446 e. The summed E-state index contributed by atoms with van der Waals surface area (Å²) in [5.41, 5.74) is -5.25. The lowest BCUT2D eigenvalue weighted by Crippen LogP contribution is -2.45. The Kier molecular flexibility index (Phi) is 6.31. The van der Waals surface area contributed by atoms with Gasteiger partial charge in [0.15, 0.2) is 0 Å². The maximum absolute atomic E-state index is 12.5. The monoisotopic (exact) mass is 350 g/mol. The number of hydrogen-bond acceptors (Lipinski definition) is 3. The average Bonchev–Trinajstić information content (AvgIpc) is 2.36. The zero-order chi connectivity index (χ0) is 17.7. The van der Waals surface area contributed by atoms with Gasteiger partial charge in [0.25, 0.3) is 0 Å². The summed E-state index contributed by atoms with van der Waals surface area (Å²) in [6, 6.07) is 4.86. The second kappa shape index (κ2) is 7.58. The molecule has 0 aromatic heterocycles. The Morgan fingerprint density at radius 1 is 1.22 bits per heavy atom. The summed E-state index contributed by atoms with van der Waals surface area (Å²) in [7, 11) is 0. The summed E-state index contributed by atoms with van der Waals surface area (Å²) in [4.78, 5) is 22.4. The fraction of sp³-hybridized carbons (Fsp3) is 0.429. The number of carbonyl (C=O) groups excluding carboxylic acids is 1. The summed E-state index contributed by atoms with van der Waals surface area (Å²) in [5, 5.41) is 13.6.